The lowest BCUT2D eigenvalue weighted by molar-refractivity contribution is 0.0704. The van der Waals surface area contributed by atoms with E-state index in [0.717, 1.165) is 62.1 Å². The van der Waals surface area contributed by atoms with Crippen LogP contribution in [0.4, 0.5) is 4.79 Å². The highest BCUT2D eigenvalue weighted by Crippen LogP contribution is 2.31. The van der Waals surface area contributed by atoms with E-state index in [-0.39, 0.29) is 18.7 Å². The molecule has 2 heterocycles. The van der Waals surface area contributed by atoms with Crippen molar-refractivity contribution in [3.05, 3.63) is 16.1 Å². The summed E-state index contributed by atoms with van der Waals surface area (Å²) in [5.41, 5.74) is 1.13. The molecular formula is C18H30N4O2S. The summed E-state index contributed by atoms with van der Waals surface area (Å²) in [4.78, 5) is 21.4. The predicted molar refractivity (Wildman–Crippen MR) is 100.0 cm³/mol. The van der Waals surface area contributed by atoms with Crippen LogP contribution in [0.5, 0.6) is 0 Å². The van der Waals surface area contributed by atoms with Crippen molar-refractivity contribution in [3.63, 3.8) is 0 Å². The van der Waals surface area contributed by atoms with Gasteiger partial charge in [-0.1, -0.05) is 6.92 Å². The van der Waals surface area contributed by atoms with Gasteiger partial charge in [0, 0.05) is 57.2 Å². The number of amides is 2. The summed E-state index contributed by atoms with van der Waals surface area (Å²) in [6.07, 6.45) is 5.17. The first kappa shape index (κ1) is 18.6. The quantitative estimate of drug-likeness (QED) is 0.735. The van der Waals surface area contributed by atoms with Crippen molar-refractivity contribution in [2.45, 2.75) is 45.1 Å². The number of aliphatic hydroxyl groups excluding tert-OH is 1. The highest BCUT2D eigenvalue weighted by atomic mass is 32.1. The molecule has 1 saturated heterocycles. The third-order valence-electron chi connectivity index (χ3n) is 5.12. The number of nitrogens with one attached hydrogen (secondary N) is 1. The van der Waals surface area contributed by atoms with Crippen LogP contribution in [0.25, 0.3) is 0 Å². The van der Waals surface area contributed by atoms with Gasteiger partial charge in [0.2, 0.25) is 0 Å². The maximum Gasteiger partial charge on any atom is 0.317 e. The molecule has 2 N–H and O–H groups in total. The van der Waals surface area contributed by atoms with E-state index in [1.165, 1.54) is 12.8 Å². The van der Waals surface area contributed by atoms with Gasteiger partial charge in [0.15, 0.2) is 0 Å². The lowest BCUT2D eigenvalue weighted by Crippen LogP contribution is -2.57. The third kappa shape index (κ3) is 5.39. The van der Waals surface area contributed by atoms with E-state index in [4.69, 9.17) is 0 Å². The number of hydrogen-bond acceptors (Lipinski definition) is 5. The Labute approximate surface area is 154 Å². The fourth-order valence-corrected chi connectivity index (χ4v) is 4.27. The maximum atomic E-state index is 12.5. The molecule has 0 radical (unpaired) electrons. The summed E-state index contributed by atoms with van der Waals surface area (Å²) in [6.45, 7) is 6.46. The summed E-state index contributed by atoms with van der Waals surface area (Å²) in [5, 5.41) is 15.6. The molecule has 2 fully saturated rings. The van der Waals surface area contributed by atoms with E-state index in [2.05, 4.69) is 27.5 Å². The van der Waals surface area contributed by atoms with Crippen LogP contribution < -0.4 is 5.32 Å². The number of rotatable bonds is 8. The molecule has 2 aliphatic rings. The van der Waals surface area contributed by atoms with Gasteiger partial charge in [-0.25, -0.2) is 9.78 Å². The van der Waals surface area contributed by atoms with Gasteiger partial charge < -0.3 is 15.3 Å². The van der Waals surface area contributed by atoms with E-state index in [0.29, 0.717) is 6.54 Å². The Morgan fingerprint density at radius 2 is 2.28 bits per heavy atom. The van der Waals surface area contributed by atoms with Gasteiger partial charge in [-0.05, 0) is 31.6 Å². The SMILES string of the molecule is CCc1csc(CCNC(=O)N2CCN(CC3CC3)C(CCO)C2)n1. The molecule has 1 aliphatic carbocycles. The van der Waals surface area contributed by atoms with Crippen LogP contribution in [-0.4, -0.2) is 71.3 Å². The molecule has 0 bridgehead atoms. The molecule has 2 amide bonds. The molecule has 1 aliphatic heterocycles. The topological polar surface area (TPSA) is 68.7 Å². The fraction of sp³-hybridized carbons (Fsp3) is 0.778. The molecule has 1 atom stereocenters. The zero-order chi connectivity index (χ0) is 17.6. The maximum absolute atomic E-state index is 12.5. The molecule has 1 aromatic heterocycles. The average Bonchev–Trinajstić information content (AvgIpc) is 3.32. The lowest BCUT2D eigenvalue weighted by atomic mass is 10.1. The van der Waals surface area contributed by atoms with E-state index in [9.17, 15) is 9.90 Å². The number of carbonyl (C=O) groups is 1. The van der Waals surface area contributed by atoms with E-state index in [1.807, 2.05) is 4.90 Å². The van der Waals surface area contributed by atoms with E-state index < -0.39 is 0 Å². The highest BCUT2D eigenvalue weighted by molar-refractivity contribution is 7.09. The third-order valence-corrected chi connectivity index (χ3v) is 6.08. The fourth-order valence-electron chi connectivity index (χ4n) is 3.39. The Morgan fingerprint density at radius 3 is 2.96 bits per heavy atom. The minimum Gasteiger partial charge on any atom is -0.396 e. The zero-order valence-corrected chi connectivity index (χ0v) is 15.9. The monoisotopic (exact) mass is 366 g/mol. The van der Waals surface area contributed by atoms with Crippen LogP contribution in [0.2, 0.25) is 0 Å². The van der Waals surface area contributed by atoms with Crippen molar-refractivity contribution < 1.29 is 9.90 Å². The standard InChI is InChI=1S/C18H30N4O2S/c1-2-15-13-25-17(20-15)5-7-19-18(24)22-9-8-21(11-14-3-4-14)16(12-22)6-10-23/h13-14,16,23H,2-12H2,1H3,(H,19,24). The Hall–Kier alpha value is -1.18. The van der Waals surface area contributed by atoms with E-state index >= 15 is 0 Å². The number of nitrogens with zero attached hydrogens (tertiary/aromatic N) is 3. The first-order valence-corrected chi connectivity index (χ1v) is 10.4. The molecule has 1 unspecified atom stereocenters. The average molecular weight is 367 g/mol. The summed E-state index contributed by atoms with van der Waals surface area (Å²) in [6, 6.07) is 0.303. The molecule has 0 spiro atoms. The molecule has 6 nitrogen and oxygen atoms in total. The molecule has 25 heavy (non-hydrogen) atoms. The minimum absolute atomic E-state index is 0.0151. The van der Waals surface area contributed by atoms with Crippen molar-refractivity contribution in [2.75, 3.05) is 39.3 Å². The van der Waals surface area contributed by atoms with Gasteiger partial charge in [0.05, 0.1) is 10.7 Å². The molecule has 0 aromatic carbocycles. The van der Waals surface area contributed by atoms with Gasteiger partial charge in [0.1, 0.15) is 0 Å². The first-order chi connectivity index (χ1) is 12.2. The van der Waals surface area contributed by atoms with Crippen molar-refractivity contribution in [1.82, 2.24) is 20.1 Å². The number of urea groups is 1. The van der Waals surface area contributed by atoms with Crippen LogP contribution in [0, 0.1) is 5.92 Å². The molecule has 1 saturated carbocycles. The van der Waals surface area contributed by atoms with Gasteiger partial charge in [-0.15, -0.1) is 11.3 Å². The Balaban J connectivity index is 1.43. The second kappa shape index (κ2) is 8.96. The number of thiazole rings is 1. The smallest absolute Gasteiger partial charge is 0.317 e. The second-order valence-corrected chi connectivity index (χ2v) is 8.06. The molecule has 3 rings (SSSR count). The van der Waals surface area contributed by atoms with Gasteiger partial charge in [-0.3, -0.25) is 4.90 Å². The van der Waals surface area contributed by atoms with E-state index in [1.54, 1.807) is 11.3 Å². The summed E-state index contributed by atoms with van der Waals surface area (Å²) in [7, 11) is 0. The number of aryl methyl sites for hydroxylation is 1. The molecule has 140 valence electrons. The lowest BCUT2D eigenvalue weighted by Gasteiger charge is -2.41. The second-order valence-electron chi connectivity index (χ2n) is 7.12. The van der Waals surface area contributed by atoms with Crippen molar-refractivity contribution >= 4 is 17.4 Å². The van der Waals surface area contributed by atoms with Crippen molar-refractivity contribution in [2.24, 2.45) is 5.92 Å². The minimum atomic E-state index is 0.0151. The van der Waals surface area contributed by atoms with Crippen LogP contribution >= 0.6 is 11.3 Å². The summed E-state index contributed by atoms with van der Waals surface area (Å²) in [5.74, 6) is 0.841. The first-order valence-electron chi connectivity index (χ1n) is 9.50. The Morgan fingerprint density at radius 1 is 1.44 bits per heavy atom. The number of carbonyl (C=O) groups excluding carboxylic acids is 1. The molecular weight excluding hydrogens is 336 g/mol. The van der Waals surface area contributed by atoms with Gasteiger partial charge in [0.25, 0.3) is 0 Å². The zero-order valence-electron chi connectivity index (χ0n) is 15.1. The van der Waals surface area contributed by atoms with Crippen molar-refractivity contribution in [3.8, 4) is 0 Å². The Kier molecular flexibility index (Phi) is 6.67. The van der Waals surface area contributed by atoms with Crippen LogP contribution in [-0.2, 0) is 12.8 Å². The summed E-state index contributed by atoms with van der Waals surface area (Å²) < 4.78 is 0. The van der Waals surface area contributed by atoms with Crippen LogP contribution in [0.3, 0.4) is 0 Å². The van der Waals surface area contributed by atoms with Crippen LogP contribution in [0.1, 0.15) is 36.9 Å². The normalized spacial score (nSPS) is 21.5. The molecule has 1 aromatic rings. The Bertz CT molecular complexity index is 561. The number of aromatic nitrogens is 1. The largest absolute Gasteiger partial charge is 0.396 e. The predicted octanol–water partition coefficient (Wildman–Crippen LogP) is 1.74. The number of piperazine rings is 1. The summed E-state index contributed by atoms with van der Waals surface area (Å²) >= 11 is 1.67. The number of aliphatic hydroxyl groups is 1. The highest BCUT2D eigenvalue weighted by Gasteiger charge is 2.33. The van der Waals surface area contributed by atoms with Gasteiger partial charge in [-0.2, -0.15) is 0 Å². The van der Waals surface area contributed by atoms with Crippen molar-refractivity contribution in [1.29, 1.82) is 0 Å². The number of hydrogen-bond donors (Lipinski definition) is 2. The molecule has 7 heteroatoms. The van der Waals surface area contributed by atoms with Crippen LogP contribution in [0.15, 0.2) is 5.38 Å². The van der Waals surface area contributed by atoms with Gasteiger partial charge >= 0.3 is 6.03 Å².